The number of ether oxygens (including phenoxy) is 1. The van der Waals surface area contributed by atoms with Gasteiger partial charge in [0.15, 0.2) is 0 Å². The van der Waals surface area contributed by atoms with E-state index in [9.17, 15) is 4.79 Å². The van der Waals surface area contributed by atoms with Gasteiger partial charge in [-0.2, -0.15) is 0 Å². The Morgan fingerprint density at radius 2 is 2.12 bits per heavy atom. The molecule has 2 aliphatic heterocycles. The Hall–Kier alpha value is -2.12. The second-order valence-electron chi connectivity index (χ2n) is 7.02. The Balaban J connectivity index is 1.56. The summed E-state index contributed by atoms with van der Waals surface area (Å²) in [7, 11) is 0. The summed E-state index contributed by atoms with van der Waals surface area (Å²) in [6.07, 6.45) is 2.66. The third kappa shape index (κ3) is 3.48. The lowest BCUT2D eigenvalue weighted by atomic mass is 10.1. The molecular weight excluding hydrogens is 320 g/mol. The van der Waals surface area contributed by atoms with Crippen molar-refractivity contribution >= 4 is 5.95 Å². The van der Waals surface area contributed by atoms with E-state index < -0.39 is 0 Å². The lowest BCUT2D eigenvalue weighted by Gasteiger charge is -2.36. The Kier molecular flexibility index (Phi) is 4.35. The van der Waals surface area contributed by atoms with Crippen molar-refractivity contribution in [2.75, 3.05) is 24.5 Å². The molecule has 4 heterocycles. The topological polar surface area (TPSA) is 74.6 Å². The summed E-state index contributed by atoms with van der Waals surface area (Å²) in [4.78, 5) is 24.7. The molecule has 0 saturated carbocycles. The van der Waals surface area contributed by atoms with Crippen molar-refractivity contribution in [3.8, 4) is 0 Å². The molecule has 2 aromatic rings. The van der Waals surface area contributed by atoms with Crippen LogP contribution in [0, 0.1) is 0 Å². The van der Waals surface area contributed by atoms with Gasteiger partial charge in [0.1, 0.15) is 5.76 Å². The van der Waals surface area contributed by atoms with Crippen LogP contribution in [0.25, 0.3) is 0 Å². The first-order chi connectivity index (χ1) is 12.1. The van der Waals surface area contributed by atoms with E-state index in [1.807, 2.05) is 26.0 Å². The third-order valence-corrected chi connectivity index (χ3v) is 4.82. The van der Waals surface area contributed by atoms with Crippen molar-refractivity contribution in [2.24, 2.45) is 0 Å². The Morgan fingerprint density at radius 3 is 2.84 bits per heavy atom. The van der Waals surface area contributed by atoms with Crippen LogP contribution in [-0.4, -0.2) is 46.7 Å². The SMILES string of the molecule is C[C@H]1CN(c2nc3c(c(=O)[nH]2)CCN(Cc2ccco2)C3)C[C@H](C)O1. The molecule has 0 aliphatic carbocycles. The minimum atomic E-state index is -0.00977. The molecule has 7 nitrogen and oxygen atoms in total. The number of hydrogen-bond donors (Lipinski definition) is 1. The van der Waals surface area contributed by atoms with Gasteiger partial charge in [0.2, 0.25) is 5.95 Å². The van der Waals surface area contributed by atoms with E-state index in [1.54, 1.807) is 6.26 Å². The van der Waals surface area contributed by atoms with E-state index in [2.05, 4.69) is 14.8 Å². The smallest absolute Gasteiger partial charge is 0.255 e. The molecule has 1 fully saturated rings. The molecule has 0 radical (unpaired) electrons. The van der Waals surface area contributed by atoms with Crippen LogP contribution in [-0.2, 0) is 24.2 Å². The van der Waals surface area contributed by atoms with Crippen molar-refractivity contribution in [1.82, 2.24) is 14.9 Å². The minimum absolute atomic E-state index is 0.00977. The first kappa shape index (κ1) is 16.4. The molecule has 2 atom stereocenters. The Bertz CT molecular complexity index is 776. The van der Waals surface area contributed by atoms with Crippen LogP contribution in [0.1, 0.15) is 30.9 Å². The summed E-state index contributed by atoms with van der Waals surface area (Å²) in [5.74, 6) is 1.59. The number of aromatic amines is 1. The van der Waals surface area contributed by atoms with Gasteiger partial charge in [-0.15, -0.1) is 0 Å². The van der Waals surface area contributed by atoms with Crippen LogP contribution in [0.3, 0.4) is 0 Å². The molecule has 2 aromatic heterocycles. The number of fused-ring (bicyclic) bond motifs is 1. The van der Waals surface area contributed by atoms with Crippen LogP contribution >= 0.6 is 0 Å². The molecule has 0 aromatic carbocycles. The second-order valence-corrected chi connectivity index (χ2v) is 7.02. The average molecular weight is 344 g/mol. The maximum absolute atomic E-state index is 12.5. The van der Waals surface area contributed by atoms with Crippen molar-refractivity contribution in [3.05, 3.63) is 45.8 Å². The molecule has 0 amide bonds. The van der Waals surface area contributed by atoms with Gasteiger partial charge in [-0.1, -0.05) is 0 Å². The number of anilines is 1. The summed E-state index contributed by atoms with van der Waals surface area (Å²) < 4.78 is 11.2. The van der Waals surface area contributed by atoms with Crippen molar-refractivity contribution in [3.63, 3.8) is 0 Å². The maximum atomic E-state index is 12.5. The summed E-state index contributed by atoms with van der Waals surface area (Å²) in [5, 5.41) is 0. The molecule has 0 spiro atoms. The molecule has 134 valence electrons. The molecule has 4 rings (SSSR count). The monoisotopic (exact) mass is 344 g/mol. The largest absolute Gasteiger partial charge is 0.468 e. The highest BCUT2D eigenvalue weighted by atomic mass is 16.5. The highest BCUT2D eigenvalue weighted by Crippen LogP contribution is 2.21. The zero-order valence-electron chi connectivity index (χ0n) is 14.7. The normalized spacial score (nSPS) is 24.3. The molecule has 1 saturated heterocycles. The number of nitrogens with one attached hydrogen (secondary N) is 1. The van der Waals surface area contributed by atoms with Crippen molar-refractivity contribution in [2.45, 2.75) is 45.6 Å². The average Bonchev–Trinajstić information content (AvgIpc) is 3.06. The van der Waals surface area contributed by atoms with E-state index in [1.165, 1.54) is 0 Å². The fourth-order valence-electron chi connectivity index (χ4n) is 3.74. The van der Waals surface area contributed by atoms with Gasteiger partial charge in [-0.3, -0.25) is 14.7 Å². The fraction of sp³-hybridized carbons (Fsp3) is 0.556. The lowest BCUT2D eigenvalue weighted by Crippen LogP contribution is -2.47. The number of H-pyrrole nitrogens is 1. The zero-order valence-corrected chi connectivity index (χ0v) is 14.7. The van der Waals surface area contributed by atoms with Crippen LogP contribution < -0.4 is 10.5 Å². The van der Waals surface area contributed by atoms with Gasteiger partial charge in [-0.05, 0) is 32.4 Å². The zero-order chi connectivity index (χ0) is 17.4. The molecular formula is C18H24N4O3. The highest BCUT2D eigenvalue weighted by molar-refractivity contribution is 5.35. The minimum Gasteiger partial charge on any atom is -0.468 e. The number of morpholine rings is 1. The van der Waals surface area contributed by atoms with E-state index >= 15 is 0 Å². The van der Waals surface area contributed by atoms with Crippen LogP contribution in [0.4, 0.5) is 5.95 Å². The molecule has 1 N–H and O–H groups in total. The first-order valence-corrected chi connectivity index (χ1v) is 8.85. The number of furan rings is 1. The van der Waals surface area contributed by atoms with E-state index in [0.29, 0.717) is 18.9 Å². The van der Waals surface area contributed by atoms with Gasteiger partial charge in [0.05, 0.1) is 30.7 Å². The van der Waals surface area contributed by atoms with Crippen LogP contribution in [0.5, 0.6) is 0 Å². The number of rotatable bonds is 3. The van der Waals surface area contributed by atoms with E-state index in [0.717, 1.165) is 43.2 Å². The number of nitrogens with zero attached hydrogens (tertiary/aromatic N) is 3. The van der Waals surface area contributed by atoms with E-state index in [4.69, 9.17) is 14.1 Å². The fourth-order valence-corrected chi connectivity index (χ4v) is 3.74. The molecule has 7 heteroatoms. The Morgan fingerprint density at radius 1 is 1.32 bits per heavy atom. The van der Waals surface area contributed by atoms with Crippen LogP contribution in [0.2, 0.25) is 0 Å². The highest BCUT2D eigenvalue weighted by Gasteiger charge is 2.27. The summed E-state index contributed by atoms with van der Waals surface area (Å²) in [6, 6.07) is 3.87. The van der Waals surface area contributed by atoms with Gasteiger partial charge in [0.25, 0.3) is 5.56 Å². The lowest BCUT2D eigenvalue weighted by molar-refractivity contribution is -0.00576. The van der Waals surface area contributed by atoms with Gasteiger partial charge >= 0.3 is 0 Å². The van der Waals surface area contributed by atoms with Gasteiger partial charge in [0, 0.05) is 31.7 Å². The van der Waals surface area contributed by atoms with E-state index in [-0.39, 0.29) is 17.8 Å². The Labute approximate surface area is 146 Å². The quantitative estimate of drug-likeness (QED) is 0.910. The summed E-state index contributed by atoms with van der Waals surface area (Å²) in [5.41, 5.74) is 1.68. The molecule has 2 aliphatic rings. The van der Waals surface area contributed by atoms with Gasteiger partial charge in [-0.25, -0.2) is 4.98 Å². The molecule has 0 bridgehead atoms. The first-order valence-electron chi connectivity index (χ1n) is 8.85. The number of hydrogen-bond acceptors (Lipinski definition) is 6. The van der Waals surface area contributed by atoms with Crippen molar-refractivity contribution < 1.29 is 9.15 Å². The molecule has 0 unspecified atom stereocenters. The predicted octanol–water partition coefficient (Wildman–Crippen LogP) is 1.53. The standard InChI is InChI=1S/C18H24N4O3/c1-12-8-22(9-13(2)25-12)18-19-16-11-21(10-14-4-3-7-24-14)6-5-15(16)17(23)20-18/h3-4,7,12-13H,5-6,8-11H2,1-2H3,(H,19,20,23)/t12-,13-/m0/s1. The summed E-state index contributed by atoms with van der Waals surface area (Å²) >= 11 is 0. The maximum Gasteiger partial charge on any atom is 0.255 e. The predicted molar refractivity (Wildman–Crippen MR) is 93.6 cm³/mol. The number of aromatic nitrogens is 2. The van der Waals surface area contributed by atoms with Gasteiger partial charge < -0.3 is 14.1 Å². The molecule has 25 heavy (non-hydrogen) atoms. The summed E-state index contributed by atoms with van der Waals surface area (Å²) in [6.45, 7) is 7.81. The van der Waals surface area contributed by atoms with Crippen LogP contribution in [0.15, 0.2) is 27.6 Å². The second kappa shape index (κ2) is 6.65. The third-order valence-electron chi connectivity index (χ3n) is 4.82. The van der Waals surface area contributed by atoms with Crippen molar-refractivity contribution in [1.29, 1.82) is 0 Å².